The Kier molecular flexibility index (Phi) is 4.74. The van der Waals surface area contributed by atoms with E-state index in [0.29, 0.717) is 22.1 Å². The van der Waals surface area contributed by atoms with E-state index in [2.05, 4.69) is 24.0 Å². The van der Waals surface area contributed by atoms with Crippen molar-refractivity contribution in [3.05, 3.63) is 5.01 Å². The summed E-state index contributed by atoms with van der Waals surface area (Å²) in [5.41, 5.74) is 5.57. The lowest BCUT2D eigenvalue weighted by Gasteiger charge is -2.28. The molecule has 0 bridgehead atoms. The van der Waals surface area contributed by atoms with Gasteiger partial charge in [0.2, 0.25) is 10.1 Å². The number of aromatic nitrogens is 2. The summed E-state index contributed by atoms with van der Waals surface area (Å²) in [5, 5.41) is 8.41. The van der Waals surface area contributed by atoms with Crippen LogP contribution in [-0.4, -0.2) is 33.6 Å². The van der Waals surface area contributed by atoms with Crippen molar-refractivity contribution in [1.82, 2.24) is 15.1 Å². The number of anilines is 1. The minimum absolute atomic E-state index is 0.00162. The maximum absolute atomic E-state index is 12.5. The summed E-state index contributed by atoms with van der Waals surface area (Å²) >= 11 is 1.18. The van der Waals surface area contributed by atoms with Crippen molar-refractivity contribution in [1.29, 1.82) is 0 Å². The van der Waals surface area contributed by atoms with Gasteiger partial charge in [0.25, 0.3) is 5.91 Å². The third-order valence-electron chi connectivity index (χ3n) is 3.60. The van der Waals surface area contributed by atoms with Crippen molar-refractivity contribution in [2.24, 2.45) is 5.92 Å². The van der Waals surface area contributed by atoms with Gasteiger partial charge in [-0.2, -0.15) is 0 Å². The van der Waals surface area contributed by atoms with Gasteiger partial charge < -0.3 is 10.6 Å². The average molecular weight is 282 g/mol. The molecule has 0 aliphatic heterocycles. The van der Waals surface area contributed by atoms with Crippen molar-refractivity contribution in [2.45, 2.75) is 52.0 Å². The number of amides is 1. The van der Waals surface area contributed by atoms with Crippen molar-refractivity contribution >= 4 is 22.4 Å². The summed E-state index contributed by atoms with van der Waals surface area (Å²) in [6.45, 7) is 5.17. The lowest BCUT2D eigenvalue weighted by molar-refractivity contribution is 0.0670. The van der Waals surface area contributed by atoms with Gasteiger partial charge in [-0.05, 0) is 25.2 Å². The summed E-state index contributed by atoms with van der Waals surface area (Å²) in [7, 11) is 0. The van der Waals surface area contributed by atoms with Gasteiger partial charge in [-0.15, -0.1) is 10.2 Å². The fraction of sp³-hybridized carbons (Fsp3) is 0.769. The van der Waals surface area contributed by atoms with Gasteiger partial charge in [0.15, 0.2) is 0 Å². The third kappa shape index (κ3) is 3.65. The molecule has 106 valence electrons. The van der Waals surface area contributed by atoms with Crippen LogP contribution in [0.25, 0.3) is 0 Å². The van der Waals surface area contributed by atoms with E-state index in [9.17, 15) is 4.79 Å². The number of carbonyl (C=O) groups excluding carboxylic acids is 1. The van der Waals surface area contributed by atoms with Gasteiger partial charge >= 0.3 is 0 Å². The Hall–Kier alpha value is -1.17. The van der Waals surface area contributed by atoms with Crippen LogP contribution in [0, 0.1) is 5.92 Å². The van der Waals surface area contributed by atoms with Gasteiger partial charge in [0.1, 0.15) is 0 Å². The van der Waals surface area contributed by atoms with Crippen LogP contribution in [0.2, 0.25) is 0 Å². The number of nitrogen functional groups attached to an aromatic ring is 1. The van der Waals surface area contributed by atoms with E-state index in [1.807, 2.05) is 4.90 Å². The molecule has 0 saturated heterocycles. The quantitative estimate of drug-likeness (QED) is 0.901. The minimum Gasteiger partial charge on any atom is -0.374 e. The van der Waals surface area contributed by atoms with Crippen LogP contribution in [-0.2, 0) is 0 Å². The number of rotatable bonds is 5. The molecule has 2 rings (SSSR count). The lowest BCUT2D eigenvalue weighted by Crippen LogP contribution is -2.40. The molecule has 1 fully saturated rings. The highest BCUT2D eigenvalue weighted by Crippen LogP contribution is 2.26. The molecule has 1 aliphatic rings. The molecule has 0 radical (unpaired) electrons. The second-order valence-corrected chi connectivity index (χ2v) is 6.57. The first-order chi connectivity index (χ1) is 9.08. The summed E-state index contributed by atoms with van der Waals surface area (Å²) in [4.78, 5) is 14.5. The maximum Gasteiger partial charge on any atom is 0.285 e. The number of hydrogen-bond donors (Lipinski definition) is 1. The SMILES string of the molecule is CC(C)CCN(C(=O)c1nnc(N)s1)C1CCCC1. The molecule has 1 aromatic rings. The van der Waals surface area contributed by atoms with Crippen molar-refractivity contribution < 1.29 is 4.79 Å². The van der Waals surface area contributed by atoms with E-state index in [-0.39, 0.29) is 5.91 Å². The lowest BCUT2D eigenvalue weighted by atomic mass is 10.1. The number of hydrogen-bond acceptors (Lipinski definition) is 5. The van der Waals surface area contributed by atoms with Crippen molar-refractivity contribution in [3.8, 4) is 0 Å². The molecule has 2 N–H and O–H groups in total. The molecule has 0 atom stereocenters. The van der Waals surface area contributed by atoms with E-state index >= 15 is 0 Å². The molecule has 1 aromatic heterocycles. The zero-order valence-corrected chi connectivity index (χ0v) is 12.4. The van der Waals surface area contributed by atoms with E-state index in [1.54, 1.807) is 0 Å². The zero-order chi connectivity index (χ0) is 13.8. The fourth-order valence-electron chi connectivity index (χ4n) is 2.51. The molecule has 5 nitrogen and oxygen atoms in total. The van der Waals surface area contributed by atoms with Crippen LogP contribution in [0.1, 0.15) is 55.8 Å². The molecule has 0 aromatic carbocycles. The highest BCUT2D eigenvalue weighted by molar-refractivity contribution is 7.16. The molecular weight excluding hydrogens is 260 g/mol. The van der Waals surface area contributed by atoms with Crippen LogP contribution < -0.4 is 5.73 Å². The van der Waals surface area contributed by atoms with Gasteiger partial charge in [0, 0.05) is 12.6 Å². The molecule has 0 unspecified atom stereocenters. The minimum atomic E-state index is 0.00162. The number of nitrogens with zero attached hydrogens (tertiary/aromatic N) is 3. The summed E-state index contributed by atoms with van der Waals surface area (Å²) < 4.78 is 0. The smallest absolute Gasteiger partial charge is 0.285 e. The zero-order valence-electron chi connectivity index (χ0n) is 11.6. The molecule has 6 heteroatoms. The monoisotopic (exact) mass is 282 g/mol. The van der Waals surface area contributed by atoms with E-state index in [4.69, 9.17) is 5.73 Å². The normalized spacial score (nSPS) is 16.2. The standard InChI is InChI=1S/C13H22N4OS/c1-9(2)7-8-17(10-5-3-4-6-10)12(18)11-15-16-13(14)19-11/h9-10H,3-8H2,1-2H3,(H2,14,16). The van der Waals surface area contributed by atoms with Crippen LogP contribution in [0.4, 0.5) is 5.13 Å². The maximum atomic E-state index is 12.5. The van der Waals surface area contributed by atoms with Crippen LogP contribution in [0.15, 0.2) is 0 Å². The van der Waals surface area contributed by atoms with E-state index < -0.39 is 0 Å². The molecular formula is C13H22N4OS. The Bertz CT molecular complexity index is 426. The first kappa shape index (κ1) is 14.2. The van der Waals surface area contributed by atoms with Crippen molar-refractivity contribution in [2.75, 3.05) is 12.3 Å². The Morgan fingerprint density at radius 1 is 1.42 bits per heavy atom. The first-order valence-electron chi connectivity index (χ1n) is 6.98. The summed E-state index contributed by atoms with van der Waals surface area (Å²) in [6, 6.07) is 0.372. The van der Waals surface area contributed by atoms with Crippen LogP contribution in [0.5, 0.6) is 0 Å². The molecule has 1 amide bonds. The van der Waals surface area contributed by atoms with Gasteiger partial charge in [-0.1, -0.05) is 38.0 Å². The fourth-order valence-corrected chi connectivity index (χ4v) is 3.07. The van der Waals surface area contributed by atoms with Gasteiger partial charge in [-0.25, -0.2) is 0 Å². The molecule has 1 heterocycles. The molecule has 1 aliphatic carbocycles. The van der Waals surface area contributed by atoms with Gasteiger partial charge in [-0.3, -0.25) is 4.79 Å². The largest absolute Gasteiger partial charge is 0.374 e. The Labute approximate surface area is 118 Å². The molecule has 19 heavy (non-hydrogen) atoms. The van der Waals surface area contributed by atoms with Crippen LogP contribution in [0.3, 0.4) is 0 Å². The average Bonchev–Trinajstić information content (AvgIpc) is 3.00. The van der Waals surface area contributed by atoms with Crippen molar-refractivity contribution in [3.63, 3.8) is 0 Å². The van der Waals surface area contributed by atoms with Gasteiger partial charge in [0.05, 0.1) is 0 Å². The first-order valence-corrected chi connectivity index (χ1v) is 7.79. The Balaban J connectivity index is 2.09. The van der Waals surface area contributed by atoms with E-state index in [1.165, 1.54) is 24.2 Å². The highest BCUT2D eigenvalue weighted by atomic mass is 32.1. The molecule has 0 spiro atoms. The van der Waals surface area contributed by atoms with E-state index in [0.717, 1.165) is 25.8 Å². The third-order valence-corrected chi connectivity index (χ3v) is 4.34. The Morgan fingerprint density at radius 2 is 2.11 bits per heavy atom. The van der Waals surface area contributed by atoms with Crippen LogP contribution >= 0.6 is 11.3 Å². The topological polar surface area (TPSA) is 72.1 Å². The Morgan fingerprint density at radius 3 is 2.63 bits per heavy atom. The second kappa shape index (κ2) is 6.32. The molecule has 1 saturated carbocycles. The second-order valence-electron chi connectivity index (χ2n) is 5.56. The number of carbonyl (C=O) groups is 1. The predicted molar refractivity (Wildman–Crippen MR) is 77.1 cm³/mol. The number of nitrogens with two attached hydrogens (primary N) is 1. The highest BCUT2D eigenvalue weighted by Gasteiger charge is 2.29. The summed E-state index contributed by atoms with van der Waals surface area (Å²) in [6.07, 6.45) is 5.68. The predicted octanol–water partition coefficient (Wildman–Crippen LogP) is 2.55. The summed E-state index contributed by atoms with van der Waals surface area (Å²) in [5.74, 6) is 0.595.